The first kappa shape index (κ1) is 16.1. The van der Waals surface area contributed by atoms with Crippen molar-refractivity contribution in [3.05, 3.63) is 53.1 Å². The van der Waals surface area contributed by atoms with Crippen molar-refractivity contribution in [3.63, 3.8) is 0 Å². The van der Waals surface area contributed by atoms with Gasteiger partial charge < -0.3 is 19.6 Å². The van der Waals surface area contributed by atoms with Crippen LogP contribution in [0.2, 0.25) is 5.02 Å². The van der Waals surface area contributed by atoms with Crippen molar-refractivity contribution in [1.82, 2.24) is 0 Å². The van der Waals surface area contributed by atoms with E-state index < -0.39 is 6.10 Å². The number of hydrogen-bond donors (Lipinski definition) is 1. The molecule has 0 bridgehead atoms. The number of carbonyl (C=O) groups is 1. The van der Waals surface area contributed by atoms with Crippen molar-refractivity contribution in [3.8, 4) is 11.5 Å². The van der Waals surface area contributed by atoms with E-state index in [1.807, 2.05) is 6.07 Å². The Balaban J connectivity index is 1.54. The molecule has 0 radical (unpaired) electrons. The van der Waals surface area contributed by atoms with Crippen LogP contribution in [0.25, 0.3) is 0 Å². The Labute approximate surface area is 144 Å². The second kappa shape index (κ2) is 7.23. The van der Waals surface area contributed by atoms with Crippen LogP contribution in [0.4, 0.5) is 5.69 Å². The Morgan fingerprint density at radius 1 is 1.29 bits per heavy atom. The van der Waals surface area contributed by atoms with Gasteiger partial charge in [-0.3, -0.25) is 4.79 Å². The topological polar surface area (TPSA) is 69.1 Å². The quantitative estimate of drug-likeness (QED) is 0.665. The van der Waals surface area contributed by atoms with Crippen molar-refractivity contribution >= 4 is 29.4 Å². The number of hydrogen-bond acceptors (Lipinski definition) is 5. The van der Waals surface area contributed by atoms with E-state index in [9.17, 15) is 4.79 Å². The number of benzene rings is 2. The van der Waals surface area contributed by atoms with Crippen molar-refractivity contribution in [2.24, 2.45) is 5.16 Å². The van der Waals surface area contributed by atoms with Gasteiger partial charge in [0.25, 0.3) is 5.91 Å². The van der Waals surface area contributed by atoms with Crippen LogP contribution in [0.5, 0.6) is 11.5 Å². The molecule has 1 atom stereocenters. The maximum Gasteiger partial charge on any atom is 0.267 e. The van der Waals surface area contributed by atoms with Crippen molar-refractivity contribution in [2.45, 2.75) is 13.0 Å². The van der Waals surface area contributed by atoms with Crippen molar-refractivity contribution in [2.75, 3.05) is 12.1 Å². The van der Waals surface area contributed by atoms with Gasteiger partial charge in [0.2, 0.25) is 12.9 Å². The van der Waals surface area contributed by atoms with Gasteiger partial charge in [0.05, 0.1) is 6.21 Å². The minimum absolute atomic E-state index is 0.215. The SMILES string of the molecule is C[C@H](O/N=C\c1ccc2c(c1)OCO2)C(=O)Nc1cccc(Cl)c1. The summed E-state index contributed by atoms with van der Waals surface area (Å²) in [5.74, 6) is 1.04. The summed E-state index contributed by atoms with van der Waals surface area (Å²) in [6, 6.07) is 12.3. The monoisotopic (exact) mass is 346 g/mol. The first-order chi connectivity index (χ1) is 11.6. The highest BCUT2D eigenvalue weighted by atomic mass is 35.5. The molecule has 1 amide bonds. The third-order valence-corrected chi connectivity index (χ3v) is 3.51. The average molecular weight is 347 g/mol. The van der Waals surface area contributed by atoms with Crippen molar-refractivity contribution < 1.29 is 19.1 Å². The summed E-state index contributed by atoms with van der Waals surface area (Å²) in [7, 11) is 0. The molecule has 0 saturated heterocycles. The molecule has 2 aromatic carbocycles. The number of ether oxygens (including phenoxy) is 2. The smallest absolute Gasteiger partial charge is 0.267 e. The summed E-state index contributed by atoms with van der Waals surface area (Å²) in [5, 5.41) is 7.09. The summed E-state index contributed by atoms with van der Waals surface area (Å²) in [5.41, 5.74) is 1.38. The number of nitrogens with zero attached hydrogens (tertiary/aromatic N) is 1. The maximum atomic E-state index is 12.0. The zero-order chi connectivity index (χ0) is 16.9. The molecular formula is C17H15ClN2O4. The molecular weight excluding hydrogens is 332 g/mol. The van der Waals surface area contributed by atoms with E-state index in [1.165, 1.54) is 6.21 Å². The zero-order valence-electron chi connectivity index (χ0n) is 12.9. The molecule has 1 heterocycles. The lowest BCUT2D eigenvalue weighted by molar-refractivity contribution is -0.126. The molecule has 1 N–H and O–H groups in total. The number of rotatable bonds is 5. The molecule has 6 nitrogen and oxygen atoms in total. The van der Waals surface area contributed by atoms with Crippen LogP contribution in [-0.2, 0) is 9.63 Å². The van der Waals surface area contributed by atoms with E-state index in [2.05, 4.69) is 10.5 Å². The second-order valence-electron chi connectivity index (χ2n) is 5.09. The number of oxime groups is 1. The summed E-state index contributed by atoms with van der Waals surface area (Å²) < 4.78 is 10.5. The van der Waals surface area contributed by atoms with Crippen LogP contribution in [0, 0.1) is 0 Å². The highest BCUT2D eigenvalue weighted by Gasteiger charge is 2.15. The van der Waals surface area contributed by atoms with Gasteiger partial charge in [-0.25, -0.2) is 0 Å². The molecule has 3 rings (SSSR count). The summed E-state index contributed by atoms with van der Waals surface area (Å²) in [6.07, 6.45) is 0.750. The Hall–Kier alpha value is -2.73. The summed E-state index contributed by atoms with van der Waals surface area (Å²) in [4.78, 5) is 17.2. The fourth-order valence-corrected chi connectivity index (χ4v) is 2.22. The van der Waals surface area contributed by atoms with Crippen LogP contribution in [0.3, 0.4) is 0 Å². The number of anilines is 1. The molecule has 24 heavy (non-hydrogen) atoms. The number of fused-ring (bicyclic) bond motifs is 1. The van der Waals surface area contributed by atoms with Gasteiger partial charge in [-0.1, -0.05) is 22.8 Å². The largest absolute Gasteiger partial charge is 0.454 e. The van der Waals surface area contributed by atoms with Crippen LogP contribution in [0.1, 0.15) is 12.5 Å². The lowest BCUT2D eigenvalue weighted by Gasteiger charge is -2.10. The predicted molar refractivity (Wildman–Crippen MR) is 90.8 cm³/mol. The van der Waals surface area contributed by atoms with E-state index in [0.29, 0.717) is 22.2 Å². The Kier molecular flexibility index (Phi) is 4.86. The Morgan fingerprint density at radius 2 is 2.12 bits per heavy atom. The molecule has 1 aliphatic rings. The standard InChI is InChI=1S/C17H15ClN2O4/c1-11(17(21)20-14-4-2-3-13(18)8-14)24-19-9-12-5-6-15-16(7-12)23-10-22-15/h2-9,11H,10H2,1H3,(H,20,21)/b19-9-/t11-/m0/s1. The minimum Gasteiger partial charge on any atom is -0.454 e. The van der Waals surface area contributed by atoms with E-state index in [4.69, 9.17) is 25.9 Å². The molecule has 7 heteroatoms. The number of carbonyl (C=O) groups excluding carboxylic acids is 1. The van der Waals surface area contributed by atoms with Gasteiger partial charge in [0.1, 0.15) is 0 Å². The van der Waals surface area contributed by atoms with Gasteiger partial charge in [-0.2, -0.15) is 0 Å². The number of halogens is 1. The maximum absolute atomic E-state index is 12.0. The molecule has 0 unspecified atom stereocenters. The molecule has 1 aliphatic heterocycles. The summed E-state index contributed by atoms with van der Waals surface area (Å²) >= 11 is 5.87. The zero-order valence-corrected chi connectivity index (χ0v) is 13.6. The van der Waals surface area contributed by atoms with Crippen molar-refractivity contribution in [1.29, 1.82) is 0 Å². The molecule has 2 aromatic rings. The van der Waals surface area contributed by atoms with Crippen LogP contribution < -0.4 is 14.8 Å². The van der Waals surface area contributed by atoms with Gasteiger partial charge in [-0.05, 0) is 43.3 Å². The van der Waals surface area contributed by atoms with Crippen LogP contribution >= 0.6 is 11.6 Å². The van der Waals surface area contributed by atoms with Gasteiger partial charge >= 0.3 is 0 Å². The first-order valence-corrected chi connectivity index (χ1v) is 7.65. The molecule has 0 saturated carbocycles. The summed E-state index contributed by atoms with van der Waals surface area (Å²) in [6.45, 7) is 1.82. The highest BCUT2D eigenvalue weighted by molar-refractivity contribution is 6.30. The van der Waals surface area contributed by atoms with E-state index in [0.717, 1.165) is 5.56 Å². The Bertz CT molecular complexity index is 779. The third-order valence-electron chi connectivity index (χ3n) is 3.28. The fourth-order valence-electron chi connectivity index (χ4n) is 2.03. The van der Waals surface area contributed by atoms with Crippen LogP contribution in [-0.4, -0.2) is 25.0 Å². The molecule has 124 valence electrons. The molecule has 0 fully saturated rings. The molecule has 0 aliphatic carbocycles. The number of nitrogens with one attached hydrogen (secondary N) is 1. The van der Waals surface area contributed by atoms with Gasteiger partial charge in [-0.15, -0.1) is 0 Å². The van der Waals surface area contributed by atoms with Gasteiger partial charge in [0, 0.05) is 16.3 Å². The predicted octanol–water partition coefficient (Wildman–Crippen LogP) is 3.45. The Morgan fingerprint density at radius 3 is 2.96 bits per heavy atom. The van der Waals surface area contributed by atoms with Gasteiger partial charge in [0.15, 0.2) is 11.5 Å². The second-order valence-corrected chi connectivity index (χ2v) is 5.53. The minimum atomic E-state index is -0.755. The molecule has 0 spiro atoms. The van der Waals surface area contributed by atoms with Crippen LogP contribution in [0.15, 0.2) is 47.6 Å². The third kappa shape index (κ3) is 3.97. The van der Waals surface area contributed by atoms with E-state index in [1.54, 1.807) is 43.3 Å². The normalized spacial score (nSPS) is 13.8. The van der Waals surface area contributed by atoms with E-state index >= 15 is 0 Å². The first-order valence-electron chi connectivity index (χ1n) is 7.27. The lowest BCUT2D eigenvalue weighted by atomic mass is 10.2. The molecule has 0 aromatic heterocycles. The number of amides is 1. The fraction of sp³-hybridized carbons (Fsp3) is 0.176. The highest BCUT2D eigenvalue weighted by Crippen LogP contribution is 2.31. The lowest BCUT2D eigenvalue weighted by Crippen LogP contribution is -2.26. The van der Waals surface area contributed by atoms with E-state index in [-0.39, 0.29) is 12.7 Å². The average Bonchev–Trinajstić information content (AvgIpc) is 3.02.